The lowest BCUT2D eigenvalue weighted by Crippen LogP contribution is -2.27. The third-order valence-corrected chi connectivity index (χ3v) is 8.87. The van der Waals surface area contributed by atoms with Crippen molar-refractivity contribution in [1.29, 1.82) is 0 Å². The molecule has 0 aliphatic carbocycles. The lowest BCUT2D eigenvalue weighted by atomic mass is 9.99. The van der Waals surface area contributed by atoms with Gasteiger partial charge in [0.15, 0.2) is 9.84 Å². The number of benzene rings is 4. The molecule has 6 rings (SSSR count). The first-order valence-electron chi connectivity index (χ1n) is 14.1. The highest BCUT2D eigenvalue weighted by Gasteiger charge is 2.20. The van der Waals surface area contributed by atoms with Crippen LogP contribution >= 0.6 is 0 Å². The third-order valence-electron chi connectivity index (χ3n) is 7.76. The first-order chi connectivity index (χ1) is 21.5. The number of carbonyl (C=O) groups is 2. The SMILES string of the molecule is C[C@H](NC(=O)c1cc(-c2cccc(S(C)(=O)=O)c2)cc2ccn(Cc3cc(F)c4ccccc4n3)c12)c1ccc(C(=O)O)cc1. The van der Waals surface area contributed by atoms with Gasteiger partial charge in [0.05, 0.1) is 45.3 Å². The third kappa shape index (κ3) is 6.05. The molecule has 2 heterocycles. The highest BCUT2D eigenvalue weighted by Crippen LogP contribution is 2.31. The average molecular weight is 622 g/mol. The van der Waals surface area contributed by atoms with Crippen LogP contribution < -0.4 is 5.32 Å². The minimum Gasteiger partial charge on any atom is -0.478 e. The molecule has 6 aromatic rings. The molecular weight excluding hydrogens is 593 g/mol. The van der Waals surface area contributed by atoms with E-state index in [1.165, 1.54) is 24.3 Å². The van der Waals surface area contributed by atoms with E-state index in [4.69, 9.17) is 0 Å². The van der Waals surface area contributed by atoms with E-state index in [9.17, 15) is 27.5 Å². The van der Waals surface area contributed by atoms with Crippen molar-refractivity contribution in [3.8, 4) is 11.1 Å². The summed E-state index contributed by atoms with van der Waals surface area (Å²) >= 11 is 0. The minimum atomic E-state index is -3.46. The number of rotatable bonds is 8. The predicted molar refractivity (Wildman–Crippen MR) is 171 cm³/mol. The van der Waals surface area contributed by atoms with Crippen molar-refractivity contribution >= 4 is 43.5 Å². The molecule has 2 aromatic heterocycles. The summed E-state index contributed by atoms with van der Waals surface area (Å²) in [5.41, 5.74) is 4.05. The van der Waals surface area contributed by atoms with Crippen LogP contribution in [-0.4, -0.2) is 41.2 Å². The van der Waals surface area contributed by atoms with Gasteiger partial charge in [0.25, 0.3) is 5.91 Å². The van der Waals surface area contributed by atoms with Crippen LogP contribution in [0.1, 0.15) is 44.9 Å². The van der Waals surface area contributed by atoms with Crippen LogP contribution in [0.25, 0.3) is 32.9 Å². The Balaban J connectivity index is 1.44. The van der Waals surface area contributed by atoms with Crippen molar-refractivity contribution in [1.82, 2.24) is 14.9 Å². The van der Waals surface area contributed by atoms with Gasteiger partial charge in [-0.2, -0.15) is 0 Å². The smallest absolute Gasteiger partial charge is 0.335 e. The van der Waals surface area contributed by atoms with Gasteiger partial charge in [0.1, 0.15) is 5.82 Å². The monoisotopic (exact) mass is 621 g/mol. The van der Waals surface area contributed by atoms with Gasteiger partial charge >= 0.3 is 5.97 Å². The van der Waals surface area contributed by atoms with Crippen molar-refractivity contribution in [2.24, 2.45) is 0 Å². The number of nitrogens with zero attached hydrogens (tertiary/aromatic N) is 2. The number of aromatic carboxylic acids is 1. The van der Waals surface area contributed by atoms with E-state index in [1.54, 1.807) is 73.8 Å². The van der Waals surface area contributed by atoms with Gasteiger partial charge in [-0.25, -0.2) is 17.6 Å². The predicted octanol–water partition coefficient (Wildman–Crippen LogP) is 6.64. The van der Waals surface area contributed by atoms with E-state index < -0.39 is 27.8 Å². The second kappa shape index (κ2) is 11.6. The molecule has 1 amide bonds. The Morgan fingerprint density at radius 3 is 2.42 bits per heavy atom. The fraction of sp³-hybridized carbons (Fsp3) is 0.114. The molecule has 0 aliphatic rings. The summed E-state index contributed by atoms with van der Waals surface area (Å²) in [6.45, 7) is 1.99. The maximum Gasteiger partial charge on any atom is 0.335 e. The molecule has 0 spiro atoms. The van der Waals surface area contributed by atoms with Gasteiger partial charge in [-0.3, -0.25) is 9.78 Å². The lowest BCUT2D eigenvalue weighted by Gasteiger charge is -2.17. The van der Waals surface area contributed by atoms with Crippen LogP contribution in [0.4, 0.5) is 4.39 Å². The Hall–Kier alpha value is -5.35. The summed E-state index contributed by atoms with van der Waals surface area (Å²) < 4.78 is 41.3. The standard InChI is InChI=1S/C35H28FN3O5S/c1-21(22-10-12-23(13-11-22)35(41)42)37-34(40)30-18-26(24-6-5-7-28(17-24)45(2,43)44)16-25-14-15-39(33(25)30)20-27-19-31(36)29-8-3-4-9-32(29)38-27/h3-19,21H,20H2,1-2H3,(H,37,40)(H,41,42)/t21-/m0/s1. The van der Waals surface area contributed by atoms with Crippen LogP contribution in [0.5, 0.6) is 0 Å². The molecule has 8 nitrogen and oxygen atoms in total. The van der Waals surface area contributed by atoms with E-state index in [-0.39, 0.29) is 22.8 Å². The molecular formula is C35H28FN3O5S. The number of nitrogens with one attached hydrogen (secondary N) is 1. The summed E-state index contributed by atoms with van der Waals surface area (Å²) in [6, 6.07) is 26.1. The first-order valence-corrected chi connectivity index (χ1v) is 16.0. The summed E-state index contributed by atoms with van der Waals surface area (Å²) in [7, 11) is -3.46. The number of hydrogen-bond donors (Lipinski definition) is 2. The van der Waals surface area contributed by atoms with Gasteiger partial charge in [-0.05, 0) is 84.3 Å². The van der Waals surface area contributed by atoms with Crippen molar-refractivity contribution < 1.29 is 27.5 Å². The van der Waals surface area contributed by atoms with Crippen LogP contribution in [0, 0.1) is 5.82 Å². The van der Waals surface area contributed by atoms with E-state index in [0.717, 1.165) is 11.6 Å². The fourth-order valence-corrected chi connectivity index (χ4v) is 6.11. The number of para-hydroxylation sites is 1. The Labute approximate surface area is 258 Å². The first kappa shape index (κ1) is 29.7. The number of amides is 1. The zero-order valence-electron chi connectivity index (χ0n) is 24.4. The second-order valence-corrected chi connectivity index (χ2v) is 13.0. The van der Waals surface area contributed by atoms with Gasteiger partial charge in [-0.15, -0.1) is 0 Å². The zero-order chi connectivity index (χ0) is 31.9. The van der Waals surface area contributed by atoms with Gasteiger partial charge < -0.3 is 15.0 Å². The highest BCUT2D eigenvalue weighted by atomic mass is 32.2. The van der Waals surface area contributed by atoms with E-state index >= 15 is 0 Å². The number of carboxylic acid groups (broad SMARTS) is 1. The Bertz CT molecular complexity index is 2230. The normalized spacial score (nSPS) is 12.3. The van der Waals surface area contributed by atoms with Crippen molar-refractivity contribution in [3.63, 3.8) is 0 Å². The lowest BCUT2D eigenvalue weighted by molar-refractivity contribution is 0.0696. The number of pyridine rings is 1. The molecule has 0 saturated heterocycles. The van der Waals surface area contributed by atoms with Gasteiger partial charge in [-0.1, -0.05) is 36.4 Å². The number of hydrogen-bond acceptors (Lipinski definition) is 5. The Morgan fingerprint density at radius 1 is 0.933 bits per heavy atom. The number of aromatic nitrogens is 2. The largest absolute Gasteiger partial charge is 0.478 e. The summed E-state index contributed by atoms with van der Waals surface area (Å²) in [5.74, 6) is -1.83. The quantitative estimate of drug-likeness (QED) is 0.197. The molecule has 1 atom stereocenters. The molecule has 0 bridgehead atoms. The number of carbonyl (C=O) groups excluding carboxylic acids is 1. The van der Waals surface area contributed by atoms with Crippen LogP contribution in [0.15, 0.2) is 108 Å². The van der Waals surface area contributed by atoms with Crippen LogP contribution in [0.2, 0.25) is 0 Å². The molecule has 2 N–H and O–H groups in total. The van der Waals surface area contributed by atoms with E-state index in [2.05, 4.69) is 10.3 Å². The molecule has 0 aliphatic heterocycles. The van der Waals surface area contributed by atoms with Crippen molar-refractivity contribution in [3.05, 3.63) is 131 Å². The number of fused-ring (bicyclic) bond motifs is 2. The molecule has 0 saturated carbocycles. The molecule has 226 valence electrons. The second-order valence-electron chi connectivity index (χ2n) is 10.9. The van der Waals surface area contributed by atoms with Crippen molar-refractivity contribution in [2.45, 2.75) is 24.4 Å². The number of sulfone groups is 1. The molecule has 10 heteroatoms. The molecule has 45 heavy (non-hydrogen) atoms. The maximum absolute atomic E-state index is 14.9. The molecule has 0 unspecified atom stereocenters. The maximum atomic E-state index is 14.9. The minimum absolute atomic E-state index is 0.138. The Morgan fingerprint density at radius 2 is 1.69 bits per heavy atom. The van der Waals surface area contributed by atoms with E-state index in [1.807, 2.05) is 16.7 Å². The Kier molecular flexibility index (Phi) is 7.68. The fourth-order valence-electron chi connectivity index (χ4n) is 5.44. The highest BCUT2D eigenvalue weighted by molar-refractivity contribution is 7.90. The van der Waals surface area contributed by atoms with Crippen LogP contribution in [0.3, 0.4) is 0 Å². The summed E-state index contributed by atoms with van der Waals surface area (Å²) in [4.78, 5) is 30.0. The topological polar surface area (TPSA) is 118 Å². The summed E-state index contributed by atoms with van der Waals surface area (Å²) in [5, 5.41) is 13.4. The zero-order valence-corrected chi connectivity index (χ0v) is 25.2. The average Bonchev–Trinajstić information content (AvgIpc) is 3.42. The number of carboxylic acids is 1. The molecule has 0 fully saturated rings. The van der Waals surface area contributed by atoms with Crippen molar-refractivity contribution in [2.75, 3.05) is 6.26 Å². The number of halogens is 1. The van der Waals surface area contributed by atoms with Gasteiger partial charge in [0, 0.05) is 23.2 Å². The van der Waals surface area contributed by atoms with E-state index in [0.29, 0.717) is 44.4 Å². The van der Waals surface area contributed by atoms with Gasteiger partial charge in [0.2, 0.25) is 0 Å². The molecule has 4 aromatic carbocycles. The summed E-state index contributed by atoms with van der Waals surface area (Å²) in [6.07, 6.45) is 2.95. The van der Waals surface area contributed by atoms with Crippen LogP contribution in [-0.2, 0) is 16.4 Å². The molecule has 0 radical (unpaired) electrons.